The van der Waals surface area contributed by atoms with Crippen molar-refractivity contribution >= 4 is 44.8 Å². The molecular weight excluding hydrogens is 643 g/mol. The van der Waals surface area contributed by atoms with Crippen molar-refractivity contribution in [3.8, 4) is 11.1 Å². The second-order valence-electron chi connectivity index (χ2n) is 13.9. The number of para-hydroxylation sites is 1. The maximum absolute atomic E-state index is 6.55. The Hall–Kier alpha value is -6.12. The number of nitrogens with zero attached hydrogens (tertiary/aromatic N) is 1. The highest BCUT2D eigenvalue weighted by Gasteiger charge is 2.41. The van der Waals surface area contributed by atoms with Gasteiger partial charge in [-0.3, -0.25) is 0 Å². The number of hydrogen-bond donors (Lipinski definition) is 0. The highest BCUT2D eigenvalue weighted by molar-refractivity contribution is 5.99. The minimum atomic E-state index is -0.374. The van der Waals surface area contributed by atoms with Crippen molar-refractivity contribution in [1.82, 2.24) is 0 Å². The van der Waals surface area contributed by atoms with Gasteiger partial charge in [0, 0.05) is 33.3 Å². The predicted molar refractivity (Wildman–Crippen MR) is 231 cm³/mol. The molecule has 0 saturated heterocycles. The molecule has 53 heavy (non-hydrogen) atoms. The van der Waals surface area contributed by atoms with E-state index in [9.17, 15) is 0 Å². The number of fused-ring (bicyclic) bond motifs is 2. The number of benzene rings is 5. The van der Waals surface area contributed by atoms with Crippen molar-refractivity contribution in [2.24, 2.45) is 5.41 Å². The van der Waals surface area contributed by atoms with E-state index in [0.29, 0.717) is 0 Å². The third-order valence-electron chi connectivity index (χ3n) is 10.4. The van der Waals surface area contributed by atoms with E-state index in [-0.39, 0.29) is 5.41 Å². The van der Waals surface area contributed by atoms with Gasteiger partial charge < -0.3 is 9.32 Å². The van der Waals surface area contributed by atoms with E-state index in [1.54, 1.807) is 6.08 Å². The van der Waals surface area contributed by atoms with E-state index in [4.69, 9.17) is 11.0 Å². The van der Waals surface area contributed by atoms with Crippen LogP contribution in [0.4, 0.5) is 11.4 Å². The topological polar surface area (TPSA) is 16.4 Å². The Kier molecular flexibility index (Phi) is 10.5. The molecule has 1 heterocycles. The lowest BCUT2D eigenvalue weighted by atomic mass is 9.80. The van der Waals surface area contributed by atoms with Gasteiger partial charge in [0.1, 0.15) is 11.3 Å². The molecule has 0 radical (unpaired) electrons. The van der Waals surface area contributed by atoms with Gasteiger partial charge in [-0.25, -0.2) is 0 Å². The molecule has 0 aliphatic heterocycles. The predicted octanol–water partition coefficient (Wildman–Crippen LogP) is 14.9. The summed E-state index contributed by atoms with van der Waals surface area (Å²) >= 11 is 0. The lowest BCUT2D eigenvalue weighted by Gasteiger charge is -2.31. The number of anilines is 2. The molecule has 0 amide bonds. The lowest BCUT2D eigenvalue weighted by Crippen LogP contribution is -2.19. The number of hydrogen-bond acceptors (Lipinski definition) is 2. The normalized spacial score (nSPS) is 14.7. The van der Waals surface area contributed by atoms with Gasteiger partial charge in [0.05, 0.1) is 5.69 Å². The van der Waals surface area contributed by atoms with E-state index >= 15 is 0 Å². The zero-order chi connectivity index (χ0) is 37.9. The first-order chi connectivity index (χ1) is 25.6. The first kappa shape index (κ1) is 36.7. The summed E-state index contributed by atoms with van der Waals surface area (Å²) < 4.78 is 6.55. The van der Waals surface area contributed by atoms with Crippen LogP contribution in [0.2, 0.25) is 0 Å². The van der Waals surface area contributed by atoms with Gasteiger partial charge in [0.15, 0.2) is 0 Å². The van der Waals surface area contributed by atoms with E-state index < -0.39 is 0 Å². The number of allylic oxidation sites excluding steroid dienone is 8. The molecule has 7 rings (SSSR count). The zero-order valence-corrected chi connectivity index (χ0v) is 32.0. The molecule has 0 bridgehead atoms. The molecule has 0 N–H and O–H groups in total. The fraction of sp³-hybridized carbons (Fsp3) is 0.137. The maximum atomic E-state index is 6.55. The van der Waals surface area contributed by atoms with E-state index in [1.807, 2.05) is 31.2 Å². The molecule has 264 valence electrons. The van der Waals surface area contributed by atoms with Crippen LogP contribution in [0.3, 0.4) is 0 Å². The van der Waals surface area contributed by atoms with Crippen LogP contribution in [-0.2, 0) is 0 Å². The van der Waals surface area contributed by atoms with Crippen molar-refractivity contribution in [1.29, 1.82) is 0 Å². The fourth-order valence-corrected chi connectivity index (χ4v) is 7.67. The van der Waals surface area contributed by atoms with Crippen molar-refractivity contribution in [3.05, 3.63) is 205 Å². The Morgan fingerprint density at radius 1 is 0.717 bits per heavy atom. The van der Waals surface area contributed by atoms with Crippen LogP contribution in [0.5, 0.6) is 0 Å². The van der Waals surface area contributed by atoms with Crippen molar-refractivity contribution < 1.29 is 4.42 Å². The lowest BCUT2D eigenvalue weighted by molar-refractivity contribution is 0.576. The molecule has 0 fully saturated rings. The van der Waals surface area contributed by atoms with Crippen LogP contribution in [0.25, 0.3) is 44.5 Å². The first-order valence-electron chi connectivity index (χ1n) is 18.2. The number of aryl methyl sites for hydroxylation is 1. The third-order valence-corrected chi connectivity index (χ3v) is 10.4. The minimum Gasteiger partial charge on any atom is -0.456 e. The molecule has 2 nitrogen and oxygen atoms in total. The maximum Gasteiger partial charge on any atom is 0.139 e. The van der Waals surface area contributed by atoms with Gasteiger partial charge in [0.2, 0.25) is 0 Å². The first-order valence-corrected chi connectivity index (χ1v) is 18.2. The van der Waals surface area contributed by atoms with Crippen LogP contribution in [0.15, 0.2) is 187 Å². The van der Waals surface area contributed by atoms with Gasteiger partial charge in [-0.2, -0.15) is 0 Å². The van der Waals surface area contributed by atoms with E-state index in [0.717, 1.165) is 72.8 Å². The van der Waals surface area contributed by atoms with Gasteiger partial charge in [-0.05, 0) is 108 Å². The third kappa shape index (κ3) is 6.58. The number of furan rings is 1. The Morgan fingerprint density at radius 3 is 1.94 bits per heavy atom. The van der Waals surface area contributed by atoms with Gasteiger partial charge in [-0.1, -0.05) is 143 Å². The molecule has 0 saturated carbocycles. The van der Waals surface area contributed by atoms with Crippen molar-refractivity contribution in [3.63, 3.8) is 0 Å². The van der Waals surface area contributed by atoms with E-state index in [1.165, 1.54) is 21.9 Å². The molecule has 1 aromatic heterocycles. The quantitative estimate of drug-likeness (QED) is 0.148. The number of rotatable bonds is 8. The Balaban J connectivity index is 0.00000155. The zero-order valence-electron chi connectivity index (χ0n) is 32.0. The van der Waals surface area contributed by atoms with Crippen LogP contribution < -0.4 is 4.90 Å². The molecule has 6 aromatic rings. The molecule has 2 heteroatoms. The molecule has 5 aromatic carbocycles. The summed E-state index contributed by atoms with van der Waals surface area (Å²) in [6.45, 7) is 29.5. The minimum absolute atomic E-state index is 0.374. The Morgan fingerprint density at radius 2 is 1.32 bits per heavy atom. The van der Waals surface area contributed by atoms with Crippen molar-refractivity contribution in [2.75, 3.05) is 4.90 Å². The van der Waals surface area contributed by atoms with Crippen molar-refractivity contribution in [2.45, 2.75) is 41.5 Å². The summed E-state index contributed by atoms with van der Waals surface area (Å²) in [6.07, 6.45) is 10.2. The fourth-order valence-electron chi connectivity index (χ4n) is 7.67. The molecule has 0 spiro atoms. The highest BCUT2D eigenvalue weighted by Crippen LogP contribution is 2.55. The van der Waals surface area contributed by atoms with Gasteiger partial charge >= 0.3 is 0 Å². The second kappa shape index (κ2) is 15.2. The summed E-state index contributed by atoms with van der Waals surface area (Å²) in [5, 5.41) is 3.48. The molecule has 1 aliphatic carbocycles. The van der Waals surface area contributed by atoms with Crippen LogP contribution in [-0.4, -0.2) is 0 Å². The van der Waals surface area contributed by atoms with E-state index in [2.05, 4.69) is 168 Å². The Bertz CT molecular complexity index is 2460. The summed E-state index contributed by atoms with van der Waals surface area (Å²) in [5.41, 5.74) is 13.7. The average molecular weight is 692 g/mol. The standard InChI is InChI=1S/C48H43NO.C3H6/c1-9-37(30-43-33(6)46(42(11-3)48(43,7)8)47-32(5)40-22-17-18-24-45(40)50-47)49(38-27-25-35(26-28-38)34-19-13-12-14-20-34)44-29-36-21-15-16-23-41(36)39(10-2)31(44)4;1-3-2/h9-30H,2-3,6H2,1,4-5,7-8H3;3H,1H2,2H3/b37-9+,43-30+;. The molecular formula is C51H49NO. The largest absolute Gasteiger partial charge is 0.456 e. The van der Waals surface area contributed by atoms with Gasteiger partial charge in [-0.15, -0.1) is 6.58 Å². The molecule has 1 aliphatic rings. The monoisotopic (exact) mass is 691 g/mol. The summed E-state index contributed by atoms with van der Waals surface area (Å²) in [5.74, 6) is 0.860. The second-order valence-corrected chi connectivity index (χ2v) is 13.9. The average Bonchev–Trinajstić information content (AvgIpc) is 3.60. The summed E-state index contributed by atoms with van der Waals surface area (Å²) in [4.78, 5) is 2.37. The summed E-state index contributed by atoms with van der Waals surface area (Å²) in [7, 11) is 0. The summed E-state index contributed by atoms with van der Waals surface area (Å²) in [6, 6.07) is 38.4. The molecule has 0 unspecified atom stereocenters. The highest BCUT2D eigenvalue weighted by atomic mass is 16.3. The SMILES string of the molecule is C=CC.C=CC1=C(c2oc3ccccc3c2C)C(=C)/C(=C\C(=C/C)N(c2ccc(-c3ccccc3)cc2)c2cc3ccccc3c(C=C)c2C)C1(C)C. The van der Waals surface area contributed by atoms with Crippen LogP contribution >= 0.6 is 0 Å². The smallest absolute Gasteiger partial charge is 0.139 e. The van der Waals surface area contributed by atoms with Gasteiger partial charge in [0.25, 0.3) is 0 Å². The van der Waals surface area contributed by atoms with Crippen LogP contribution in [0.1, 0.15) is 50.1 Å². The van der Waals surface area contributed by atoms with Crippen LogP contribution in [0, 0.1) is 19.3 Å². The molecule has 0 atom stereocenters. The Labute approximate surface area is 315 Å².